The number of rotatable bonds is 4. The van der Waals surface area contributed by atoms with E-state index >= 15 is 0 Å². The van der Waals surface area contributed by atoms with Crippen molar-refractivity contribution in [3.8, 4) is 17.0 Å². The third kappa shape index (κ3) is 2.84. The van der Waals surface area contributed by atoms with E-state index in [0.717, 1.165) is 12.3 Å². The summed E-state index contributed by atoms with van der Waals surface area (Å²) in [6.07, 6.45) is 0. The molecule has 1 N–H and O–H groups in total. The van der Waals surface area contributed by atoms with Gasteiger partial charge in [0.05, 0.1) is 7.11 Å². The Morgan fingerprint density at radius 3 is 2.52 bits per heavy atom. The Labute approximate surface area is 137 Å². The maximum atomic E-state index is 5.41. The molecule has 23 heavy (non-hydrogen) atoms. The largest absolute Gasteiger partial charge is 0.497 e. The molecule has 3 heteroatoms. The molecular weight excluding hydrogens is 284 g/mol. The lowest BCUT2D eigenvalue weighted by atomic mass is 9.99. The fourth-order valence-corrected chi connectivity index (χ4v) is 3.30. The summed E-state index contributed by atoms with van der Waals surface area (Å²) in [5.41, 5.74) is 7.53. The second kappa shape index (κ2) is 6.09. The van der Waals surface area contributed by atoms with Crippen molar-refractivity contribution in [1.29, 1.82) is 0 Å². The highest BCUT2D eigenvalue weighted by Gasteiger charge is 2.15. The van der Waals surface area contributed by atoms with Gasteiger partial charge in [0.25, 0.3) is 0 Å². The molecule has 0 spiro atoms. The molecule has 3 aromatic rings. The van der Waals surface area contributed by atoms with Gasteiger partial charge in [-0.1, -0.05) is 12.1 Å². The van der Waals surface area contributed by atoms with Crippen molar-refractivity contribution in [1.82, 2.24) is 9.88 Å². The number of aryl methyl sites for hydroxylation is 2. The molecule has 120 valence electrons. The predicted octanol–water partition coefficient (Wildman–Crippen LogP) is 4.52. The van der Waals surface area contributed by atoms with Gasteiger partial charge in [-0.05, 0) is 68.9 Å². The average Bonchev–Trinajstić information content (AvgIpc) is 2.85. The van der Waals surface area contributed by atoms with Crippen LogP contribution < -0.4 is 4.74 Å². The minimum atomic E-state index is 0.875. The van der Waals surface area contributed by atoms with Crippen molar-refractivity contribution in [2.45, 2.75) is 20.4 Å². The van der Waals surface area contributed by atoms with E-state index in [4.69, 9.17) is 4.74 Å². The van der Waals surface area contributed by atoms with E-state index in [1.165, 1.54) is 38.9 Å². The van der Waals surface area contributed by atoms with Gasteiger partial charge in [0.1, 0.15) is 5.75 Å². The molecular formula is C20H24N2O. The summed E-state index contributed by atoms with van der Waals surface area (Å²) in [7, 11) is 5.89. The smallest absolute Gasteiger partial charge is 0.119 e. The van der Waals surface area contributed by atoms with Crippen LogP contribution in [0.15, 0.2) is 36.4 Å². The van der Waals surface area contributed by atoms with Gasteiger partial charge >= 0.3 is 0 Å². The maximum absolute atomic E-state index is 5.41. The molecule has 0 radical (unpaired) electrons. The first-order valence-corrected chi connectivity index (χ1v) is 7.91. The van der Waals surface area contributed by atoms with E-state index in [1.54, 1.807) is 7.11 Å². The van der Waals surface area contributed by atoms with Gasteiger partial charge < -0.3 is 14.6 Å². The summed E-state index contributed by atoms with van der Waals surface area (Å²) in [5, 5.41) is 1.33. The topological polar surface area (TPSA) is 28.3 Å². The fraction of sp³-hybridized carbons (Fsp3) is 0.300. The molecule has 0 saturated heterocycles. The van der Waals surface area contributed by atoms with Crippen LogP contribution in [0.4, 0.5) is 0 Å². The van der Waals surface area contributed by atoms with Gasteiger partial charge in [-0.3, -0.25) is 0 Å². The van der Waals surface area contributed by atoms with Crippen molar-refractivity contribution < 1.29 is 4.74 Å². The van der Waals surface area contributed by atoms with E-state index in [2.05, 4.69) is 68.2 Å². The van der Waals surface area contributed by atoms with Gasteiger partial charge in [0.2, 0.25) is 0 Å². The van der Waals surface area contributed by atoms with Crippen LogP contribution in [0.5, 0.6) is 5.75 Å². The van der Waals surface area contributed by atoms with Gasteiger partial charge in [0, 0.05) is 28.7 Å². The minimum absolute atomic E-state index is 0.875. The quantitative estimate of drug-likeness (QED) is 0.767. The van der Waals surface area contributed by atoms with Crippen LogP contribution in [-0.4, -0.2) is 31.1 Å². The van der Waals surface area contributed by atoms with Gasteiger partial charge in [0.15, 0.2) is 0 Å². The average molecular weight is 308 g/mol. The van der Waals surface area contributed by atoms with Crippen LogP contribution >= 0.6 is 0 Å². The normalized spacial score (nSPS) is 11.4. The van der Waals surface area contributed by atoms with Crippen LogP contribution in [0.25, 0.3) is 22.2 Å². The maximum Gasteiger partial charge on any atom is 0.119 e. The molecule has 0 unspecified atom stereocenters. The van der Waals surface area contributed by atoms with Crippen LogP contribution in [0.3, 0.4) is 0 Å². The highest BCUT2D eigenvalue weighted by atomic mass is 16.5. The summed E-state index contributed by atoms with van der Waals surface area (Å²) >= 11 is 0. The van der Waals surface area contributed by atoms with E-state index in [1.807, 2.05) is 6.07 Å². The van der Waals surface area contributed by atoms with Crippen molar-refractivity contribution in [3.05, 3.63) is 53.1 Å². The Hall–Kier alpha value is -2.26. The van der Waals surface area contributed by atoms with Crippen molar-refractivity contribution in [3.63, 3.8) is 0 Å². The zero-order valence-electron chi connectivity index (χ0n) is 14.5. The van der Waals surface area contributed by atoms with Crippen molar-refractivity contribution in [2.24, 2.45) is 0 Å². The molecule has 0 aliphatic carbocycles. The third-order valence-corrected chi connectivity index (χ3v) is 4.35. The van der Waals surface area contributed by atoms with Gasteiger partial charge in [-0.15, -0.1) is 0 Å². The zero-order chi connectivity index (χ0) is 16.6. The Morgan fingerprint density at radius 1 is 1.09 bits per heavy atom. The van der Waals surface area contributed by atoms with E-state index < -0.39 is 0 Å². The van der Waals surface area contributed by atoms with E-state index in [9.17, 15) is 0 Å². The molecule has 2 aromatic carbocycles. The number of nitrogens with one attached hydrogen (secondary N) is 1. The molecule has 3 nitrogen and oxygen atoms in total. The summed E-state index contributed by atoms with van der Waals surface area (Å²) in [5.74, 6) is 0.899. The van der Waals surface area contributed by atoms with Crippen LogP contribution in [0.1, 0.15) is 16.7 Å². The molecule has 0 atom stereocenters. The lowest BCUT2D eigenvalue weighted by Crippen LogP contribution is -2.11. The van der Waals surface area contributed by atoms with Crippen LogP contribution in [0.2, 0.25) is 0 Å². The number of hydrogen-bond donors (Lipinski definition) is 1. The van der Waals surface area contributed by atoms with Crippen LogP contribution in [-0.2, 0) is 6.54 Å². The highest BCUT2D eigenvalue weighted by molar-refractivity contribution is 5.93. The molecule has 0 aliphatic rings. The summed E-state index contributed by atoms with van der Waals surface area (Å²) in [6, 6.07) is 12.7. The molecule has 3 rings (SSSR count). The first kappa shape index (κ1) is 15.6. The lowest BCUT2D eigenvalue weighted by molar-refractivity contribution is 0.396. The molecule has 0 saturated carbocycles. The Morgan fingerprint density at radius 2 is 1.87 bits per heavy atom. The monoisotopic (exact) mass is 308 g/mol. The standard InChI is InChI=1S/C20H24N2O/c1-13-7-6-8-18-19(13)14(2)20(21-18)17-10-9-16(23-5)11-15(17)12-22(3)4/h6-11,21H,12H2,1-5H3. The summed E-state index contributed by atoms with van der Waals surface area (Å²) in [6.45, 7) is 5.24. The van der Waals surface area contributed by atoms with E-state index in [-0.39, 0.29) is 0 Å². The molecule has 0 bridgehead atoms. The highest BCUT2D eigenvalue weighted by Crippen LogP contribution is 2.35. The number of fused-ring (bicyclic) bond motifs is 1. The van der Waals surface area contributed by atoms with Gasteiger partial charge in [-0.25, -0.2) is 0 Å². The van der Waals surface area contributed by atoms with Crippen molar-refractivity contribution >= 4 is 10.9 Å². The Balaban J connectivity index is 2.22. The molecule has 1 aromatic heterocycles. The van der Waals surface area contributed by atoms with Crippen LogP contribution in [0, 0.1) is 13.8 Å². The molecule has 0 fully saturated rings. The summed E-state index contributed by atoms with van der Waals surface area (Å²) < 4.78 is 5.41. The molecule has 1 heterocycles. The first-order chi connectivity index (χ1) is 11.0. The zero-order valence-corrected chi connectivity index (χ0v) is 14.5. The van der Waals surface area contributed by atoms with Crippen molar-refractivity contribution in [2.75, 3.05) is 21.2 Å². The number of aromatic nitrogens is 1. The molecule has 0 amide bonds. The molecule has 0 aliphatic heterocycles. The fourth-order valence-electron chi connectivity index (χ4n) is 3.30. The number of methoxy groups -OCH3 is 1. The number of ether oxygens (including phenoxy) is 1. The third-order valence-electron chi connectivity index (χ3n) is 4.35. The first-order valence-electron chi connectivity index (χ1n) is 7.91. The number of nitrogens with zero attached hydrogens (tertiary/aromatic N) is 1. The van der Waals surface area contributed by atoms with E-state index in [0.29, 0.717) is 0 Å². The number of H-pyrrole nitrogens is 1. The number of benzene rings is 2. The second-order valence-corrected chi connectivity index (χ2v) is 6.38. The minimum Gasteiger partial charge on any atom is -0.497 e. The second-order valence-electron chi connectivity index (χ2n) is 6.38. The summed E-state index contributed by atoms with van der Waals surface area (Å²) in [4.78, 5) is 5.79. The number of aromatic amines is 1. The number of hydrogen-bond acceptors (Lipinski definition) is 2. The Kier molecular flexibility index (Phi) is 4.14. The predicted molar refractivity (Wildman–Crippen MR) is 97.2 cm³/mol. The van der Waals surface area contributed by atoms with Gasteiger partial charge in [-0.2, -0.15) is 0 Å². The SMILES string of the molecule is COc1ccc(-c2[nH]c3cccc(C)c3c2C)c(CN(C)C)c1. The lowest BCUT2D eigenvalue weighted by Gasteiger charge is -2.15. The Bertz CT molecular complexity index is 846.